The largest absolute Gasteiger partial charge is 0.323 e. The zero-order valence-corrected chi connectivity index (χ0v) is 12.5. The van der Waals surface area contributed by atoms with E-state index in [0.717, 1.165) is 37.5 Å². The van der Waals surface area contributed by atoms with E-state index in [2.05, 4.69) is 36.7 Å². The van der Waals surface area contributed by atoms with Gasteiger partial charge >= 0.3 is 0 Å². The average molecular weight is 267 g/mol. The third kappa shape index (κ3) is 4.96. The van der Waals surface area contributed by atoms with Gasteiger partial charge in [-0.2, -0.15) is 0 Å². The van der Waals surface area contributed by atoms with Crippen LogP contribution in [0.15, 0.2) is 23.2 Å². The molecule has 0 aliphatic carbocycles. The van der Waals surface area contributed by atoms with Crippen molar-refractivity contribution in [2.75, 3.05) is 25.4 Å². The first-order valence-electron chi connectivity index (χ1n) is 6.77. The molecule has 0 unspecified atom stereocenters. The fraction of sp³-hybridized carbons (Fsp3) is 0.643. The second-order valence-corrected chi connectivity index (χ2v) is 5.48. The van der Waals surface area contributed by atoms with Gasteiger partial charge in [0.05, 0.1) is 5.69 Å². The highest BCUT2D eigenvalue weighted by Crippen LogP contribution is 2.19. The van der Waals surface area contributed by atoms with Crippen LogP contribution in [0.4, 0.5) is 0 Å². The number of nitrogens with two attached hydrogens (primary N) is 1. The Hall–Kier alpha value is -0.580. The summed E-state index contributed by atoms with van der Waals surface area (Å²) in [5.41, 5.74) is 6.94. The predicted octanol–water partition coefficient (Wildman–Crippen LogP) is 2.93. The molecule has 1 heterocycles. The van der Waals surface area contributed by atoms with Gasteiger partial charge in [0.2, 0.25) is 0 Å². The molecule has 1 rings (SSSR count). The van der Waals surface area contributed by atoms with Crippen LogP contribution < -0.4 is 5.73 Å². The number of aromatic nitrogens is 1. The molecule has 0 bridgehead atoms. The molecule has 0 fully saturated rings. The van der Waals surface area contributed by atoms with Gasteiger partial charge in [-0.25, -0.2) is 0 Å². The molecule has 0 aromatic carbocycles. The SMILES string of the molecule is CC[C@H](N)c1ccc(SCCN(CC)CC)cn1. The van der Waals surface area contributed by atoms with Crippen LogP contribution in [0.1, 0.15) is 38.9 Å². The topological polar surface area (TPSA) is 42.1 Å². The molecule has 18 heavy (non-hydrogen) atoms. The molecule has 0 amide bonds. The Balaban J connectivity index is 2.39. The van der Waals surface area contributed by atoms with Crippen molar-refractivity contribution in [3.63, 3.8) is 0 Å². The standard InChI is InChI=1S/C14H25N3S/c1-4-13(15)14-8-7-12(11-16-14)18-10-9-17(5-2)6-3/h7-8,11,13H,4-6,9-10,15H2,1-3H3/t13-/m0/s1. The number of thioether (sulfide) groups is 1. The molecule has 0 spiro atoms. The number of hydrogen-bond donors (Lipinski definition) is 1. The normalized spacial score (nSPS) is 12.9. The molecular formula is C14H25N3S. The second-order valence-electron chi connectivity index (χ2n) is 4.31. The number of nitrogens with zero attached hydrogens (tertiary/aromatic N) is 2. The summed E-state index contributed by atoms with van der Waals surface area (Å²) in [4.78, 5) is 8.09. The molecule has 0 aliphatic rings. The molecule has 2 N–H and O–H groups in total. The molecule has 0 aliphatic heterocycles. The van der Waals surface area contributed by atoms with E-state index in [1.54, 1.807) is 0 Å². The van der Waals surface area contributed by atoms with Gasteiger partial charge in [0, 0.05) is 29.4 Å². The second kappa shape index (κ2) is 8.51. The summed E-state index contributed by atoms with van der Waals surface area (Å²) < 4.78 is 0. The van der Waals surface area contributed by atoms with Crippen molar-refractivity contribution in [3.8, 4) is 0 Å². The molecular weight excluding hydrogens is 242 g/mol. The van der Waals surface area contributed by atoms with E-state index in [0.29, 0.717) is 0 Å². The lowest BCUT2D eigenvalue weighted by atomic mass is 10.1. The third-order valence-corrected chi connectivity index (χ3v) is 4.11. The molecule has 0 saturated heterocycles. The summed E-state index contributed by atoms with van der Waals surface area (Å²) >= 11 is 1.86. The van der Waals surface area contributed by atoms with Gasteiger partial charge in [-0.15, -0.1) is 11.8 Å². The van der Waals surface area contributed by atoms with Gasteiger partial charge in [-0.1, -0.05) is 20.8 Å². The first-order valence-corrected chi connectivity index (χ1v) is 7.76. The zero-order valence-electron chi connectivity index (χ0n) is 11.7. The van der Waals surface area contributed by atoms with Gasteiger partial charge in [-0.05, 0) is 31.6 Å². The lowest BCUT2D eigenvalue weighted by Crippen LogP contribution is -2.25. The van der Waals surface area contributed by atoms with Crippen LogP contribution in [0.3, 0.4) is 0 Å². The predicted molar refractivity (Wildman–Crippen MR) is 80.0 cm³/mol. The van der Waals surface area contributed by atoms with Crippen molar-refractivity contribution in [1.82, 2.24) is 9.88 Å². The molecule has 1 aromatic heterocycles. The lowest BCUT2D eigenvalue weighted by molar-refractivity contribution is 0.324. The highest BCUT2D eigenvalue weighted by atomic mass is 32.2. The van der Waals surface area contributed by atoms with E-state index >= 15 is 0 Å². The van der Waals surface area contributed by atoms with Crippen molar-refractivity contribution >= 4 is 11.8 Å². The van der Waals surface area contributed by atoms with Gasteiger partial charge in [-0.3, -0.25) is 4.98 Å². The Kier molecular flexibility index (Phi) is 7.32. The Morgan fingerprint density at radius 3 is 2.50 bits per heavy atom. The van der Waals surface area contributed by atoms with E-state index in [9.17, 15) is 0 Å². The summed E-state index contributed by atoms with van der Waals surface area (Å²) in [5, 5.41) is 0. The smallest absolute Gasteiger partial charge is 0.0571 e. The van der Waals surface area contributed by atoms with Crippen LogP contribution >= 0.6 is 11.8 Å². The highest BCUT2D eigenvalue weighted by molar-refractivity contribution is 7.99. The Labute approximate surface area is 115 Å². The van der Waals surface area contributed by atoms with Crippen molar-refractivity contribution in [2.45, 2.75) is 38.1 Å². The first-order chi connectivity index (χ1) is 8.71. The van der Waals surface area contributed by atoms with Crippen molar-refractivity contribution in [1.29, 1.82) is 0 Å². The lowest BCUT2D eigenvalue weighted by Gasteiger charge is -2.17. The van der Waals surface area contributed by atoms with Crippen LogP contribution in [-0.2, 0) is 0 Å². The maximum absolute atomic E-state index is 5.94. The summed E-state index contributed by atoms with van der Waals surface area (Å²) in [7, 11) is 0. The Morgan fingerprint density at radius 2 is 2.00 bits per heavy atom. The first kappa shape index (κ1) is 15.5. The van der Waals surface area contributed by atoms with Crippen LogP contribution in [0, 0.1) is 0 Å². The molecule has 4 heteroatoms. The summed E-state index contributed by atoms with van der Waals surface area (Å²) in [5.74, 6) is 1.11. The van der Waals surface area contributed by atoms with Gasteiger partial charge in [0.25, 0.3) is 0 Å². The molecule has 1 atom stereocenters. The molecule has 0 saturated carbocycles. The van der Waals surface area contributed by atoms with Crippen LogP contribution in [0.5, 0.6) is 0 Å². The van der Waals surface area contributed by atoms with E-state index in [1.807, 2.05) is 24.0 Å². The van der Waals surface area contributed by atoms with Crippen molar-refractivity contribution < 1.29 is 0 Å². The summed E-state index contributed by atoms with van der Waals surface area (Å²) in [6, 6.07) is 4.25. The molecule has 0 radical (unpaired) electrons. The number of hydrogen-bond acceptors (Lipinski definition) is 4. The van der Waals surface area contributed by atoms with Crippen molar-refractivity contribution in [2.24, 2.45) is 5.73 Å². The quantitative estimate of drug-likeness (QED) is 0.735. The monoisotopic (exact) mass is 267 g/mol. The molecule has 102 valence electrons. The van der Waals surface area contributed by atoms with Crippen molar-refractivity contribution in [3.05, 3.63) is 24.0 Å². The minimum Gasteiger partial charge on any atom is -0.323 e. The third-order valence-electron chi connectivity index (χ3n) is 3.15. The number of pyridine rings is 1. The maximum atomic E-state index is 5.94. The van der Waals surface area contributed by atoms with E-state index in [4.69, 9.17) is 5.73 Å². The number of rotatable bonds is 8. The summed E-state index contributed by atoms with van der Waals surface area (Å²) in [6.45, 7) is 9.87. The maximum Gasteiger partial charge on any atom is 0.0571 e. The Bertz CT molecular complexity index is 322. The average Bonchev–Trinajstić information content (AvgIpc) is 2.43. The van der Waals surface area contributed by atoms with E-state index in [1.165, 1.54) is 4.90 Å². The zero-order chi connectivity index (χ0) is 13.4. The summed E-state index contributed by atoms with van der Waals surface area (Å²) in [6.07, 6.45) is 2.87. The van der Waals surface area contributed by atoms with Gasteiger partial charge in [0.15, 0.2) is 0 Å². The highest BCUT2D eigenvalue weighted by Gasteiger charge is 2.05. The van der Waals surface area contributed by atoms with E-state index in [-0.39, 0.29) is 6.04 Å². The van der Waals surface area contributed by atoms with Crippen LogP contribution in [0.2, 0.25) is 0 Å². The van der Waals surface area contributed by atoms with Crippen LogP contribution in [0.25, 0.3) is 0 Å². The molecule has 3 nitrogen and oxygen atoms in total. The van der Waals surface area contributed by atoms with E-state index < -0.39 is 0 Å². The minimum absolute atomic E-state index is 0.0692. The van der Waals surface area contributed by atoms with Gasteiger partial charge in [0.1, 0.15) is 0 Å². The van der Waals surface area contributed by atoms with Gasteiger partial charge < -0.3 is 10.6 Å². The van der Waals surface area contributed by atoms with Crippen LogP contribution in [-0.4, -0.2) is 35.3 Å². The molecule has 1 aromatic rings. The minimum atomic E-state index is 0.0692. The Morgan fingerprint density at radius 1 is 1.28 bits per heavy atom. The fourth-order valence-corrected chi connectivity index (χ4v) is 2.61. The fourth-order valence-electron chi connectivity index (χ4n) is 1.74.